The van der Waals surface area contributed by atoms with Gasteiger partial charge in [-0.15, -0.1) is 11.8 Å². The zero-order valence-electron chi connectivity index (χ0n) is 16.5. The molecular weight excluding hydrogens is 413 g/mol. The second kappa shape index (κ2) is 9.38. The van der Waals surface area contributed by atoms with E-state index < -0.39 is 11.7 Å². The van der Waals surface area contributed by atoms with E-state index in [0.717, 1.165) is 39.6 Å². The highest BCUT2D eigenvalue weighted by Gasteiger charge is 2.29. The number of hydrogen-bond acceptors (Lipinski definition) is 4. The molecule has 2 aromatic carbocycles. The normalized spacial score (nSPS) is 11.5. The summed E-state index contributed by atoms with van der Waals surface area (Å²) in [5.74, 6) is 1.18. The van der Waals surface area contributed by atoms with Crippen LogP contribution in [0, 0.1) is 13.8 Å². The van der Waals surface area contributed by atoms with Crippen LogP contribution in [-0.2, 0) is 18.3 Å². The van der Waals surface area contributed by atoms with Gasteiger partial charge in [-0.3, -0.25) is 4.79 Å². The number of benzene rings is 2. The van der Waals surface area contributed by atoms with Crippen LogP contribution in [-0.4, -0.2) is 17.6 Å². The van der Waals surface area contributed by atoms with E-state index in [9.17, 15) is 18.0 Å². The summed E-state index contributed by atoms with van der Waals surface area (Å²) >= 11 is 1.53. The molecule has 1 amide bonds. The molecule has 1 heterocycles. The maximum Gasteiger partial charge on any atom is 0.416 e. The van der Waals surface area contributed by atoms with Crippen molar-refractivity contribution in [1.82, 2.24) is 10.5 Å². The molecule has 8 heteroatoms. The molecule has 158 valence electrons. The first-order valence-electron chi connectivity index (χ1n) is 9.33. The SMILES string of the molecule is Cc1noc(C)c1CSc1ccccc1C(=O)NCCc1ccc(C(F)(F)F)cc1. The van der Waals surface area contributed by atoms with Crippen molar-refractivity contribution < 1.29 is 22.5 Å². The first-order valence-corrected chi connectivity index (χ1v) is 10.3. The van der Waals surface area contributed by atoms with Gasteiger partial charge in [0.05, 0.1) is 16.8 Å². The molecule has 0 aliphatic carbocycles. The monoisotopic (exact) mass is 434 g/mol. The van der Waals surface area contributed by atoms with Crippen molar-refractivity contribution >= 4 is 17.7 Å². The number of nitrogens with zero attached hydrogens (tertiary/aromatic N) is 1. The molecule has 0 aliphatic heterocycles. The Bertz CT molecular complexity index is 994. The van der Waals surface area contributed by atoms with E-state index in [1.165, 1.54) is 23.9 Å². The lowest BCUT2D eigenvalue weighted by atomic mass is 10.1. The molecule has 4 nitrogen and oxygen atoms in total. The van der Waals surface area contributed by atoms with E-state index >= 15 is 0 Å². The summed E-state index contributed by atoms with van der Waals surface area (Å²) in [4.78, 5) is 13.5. The fourth-order valence-corrected chi connectivity index (χ4v) is 4.12. The Labute approximate surface area is 176 Å². The summed E-state index contributed by atoms with van der Waals surface area (Å²) in [7, 11) is 0. The van der Waals surface area contributed by atoms with E-state index in [4.69, 9.17) is 4.52 Å². The van der Waals surface area contributed by atoms with E-state index in [0.29, 0.717) is 24.3 Å². The van der Waals surface area contributed by atoms with E-state index in [1.54, 1.807) is 12.1 Å². The maximum absolute atomic E-state index is 12.6. The molecule has 1 N–H and O–H groups in total. The van der Waals surface area contributed by atoms with Crippen LogP contribution in [0.25, 0.3) is 0 Å². The van der Waals surface area contributed by atoms with Gasteiger partial charge >= 0.3 is 6.18 Å². The third kappa shape index (κ3) is 5.44. The average Bonchev–Trinajstić information content (AvgIpc) is 3.04. The molecule has 0 unspecified atom stereocenters. The first kappa shape index (κ1) is 22.0. The van der Waals surface area contributed by atoms with Crippen LogP contribution in [0.2, 0.25) is 0 Å². The van der Waals surface area contributed by atoms with Crippen LogP contribution in [0.15, 0.2) is 57.9 Å². The summed E-state index contributed by atoms with van der Waals surface area (Å²) in [5, 5.41) is 6.79. The Kier molecular flexibility index (Phi) is 6.87. The van der Waals surface area contributed by atoms with Gasteiger partial charge in [-0.1, -0.05) is 29.4 Å². The van der Waals surface area contributed by atoms with Gasteiger partial charge in [0.1, 0.15) is 5.76 Å². The Morgan fingerprint density at radius 2 is 1.80 bits per heavy atom. The molecule has 0 saturated carbocycles. The third-order valence-corrected chi connectivity index (χ3v) is 5.77. The van der Waals surface area contributed by atoms with Gasteiger partial charge in [-0.25, -0.2) is 0 Å². The molecule has 3 aromatic rings. The van der Waals surface area contributed by atoms with Crippen LogP contribution in [0.5, 0.6) is 0 Å². The summed E-state index contributed by atoms with van der Waals surface area (Å²) in [6.07, 6.45) is -3.91. The Morgan fingerprint density at radius 1 is 1.10 bits per heavy atom. The van der Waals surface area contributed by atoms with Gasteiger partial charge in [0, 0.05) is 22.8 Å². The molecule has 30 heavy (non-hydrogen) atoms. The number of amides is 1. The van der Waals surface area contributed by atoms with Gasteiger partial charge < -0.3 is 9.84 Å². The summed E-state index contributed by atoms with van der Waals surface area (Å²) < 4.78 is 43.1. The quantitative estimate of drug-likeness (QED) is 0.494. The fourth-order valence-electron chi connectivity index (χ4n) is 2.91. The topological polar surface area (TPSA) is 55.1 Å². The van der Waals surface area contributed by atoms with Gasteiger partial charge in [-0.2, -0.15) is 13.2 Å². The molecule has 0 fully saturated rings. The second-order valence-electron chi connectivity index (χ2n) is 6.79. The van der Waals surface area contributed by atoms with Crippen molar-refractivity contribution in [2.24, 2.45) is 0 Å². The zero-order chi connectivity index (χ0) is 21.7. The molecule has 0 aliphatic rings. The number of hydrogen-bond donors (Lipinski definition) is 1. The van der Waals surface area contributed by atoms with Crippen LogP contribution in [0.1, 0.15) is 38.5 Å². The Hall–Kier alpha value is -2.74. The van der Waals surface area contributed by atoms with Crippen LogP contribution in [0.4, 0.5) is 13.2 Å². The number of alkyl halides is 3. The van der Waals surface area contributed by atoms with Crippen molar-refractivity contribution in [3.8, 4) is 0 Å². The highest BCUT2D eigenvalue weighted by atomic mass is 32.2. The van der Waals surface area contributed by atoms with Crippen molar-refractivity contribution in [3.05, 3.63) is 82.2 Å². The lowest BCUT2D eigenvalue weighted by Crippen LogP contribution is -2.26. The fraction of sp³-hybridized carbons (Fsp3) is 0.273. The van der Waals surface area contributed by atoms with Crippen LogP contribution >= 0.6 is 11.8 Å². The van der Waals surface area contributed by atoms with E-state index in [-0.39, 0.29) is 5.91 Å². The standard InChI is InChI=1S/C22H21F3N2O2S/c1-14-19(15(2)29-27-14)13-30-20-6-4-3-5-18(20)21(28)26-12-11-16-7-9-17(10-8-16)22(23,24)25/h3-10H,11-13H2,1-2H3,(H,26,28). The van der Waals surface area contributed by atoms with Crippen LogP contribution in [0.3, 0.4) is 0 Å². The van der Waals surface area contributed by atoms with Crippen molar-refractivity contribution in [2.45, 2.75) is 37.1 Å². The lowest BCUT2D eigenvalue weighted by molar-refractivity contribution is -0.137. The van der Waals surface area contributed by atoms with Crippen molar-refractivity contribution in [2.75, 3.05) is 6.54 Å². The minimum Gasteiger partial charge on any atom is -0.361 e. The van der Waals surface area contributed by atoms with Gasteiger partial charge in [0.25, 0.3) is 5.91 Å². The van der Waals surface area contributed by atoms with E-state index in [1.807, 2.05) is 26.0 Å². The van der Waals surface area contributed by atoms with Gasteiger partial charge in [-0.05, 0) is 50.1 Å². The summed E-state index contributed by atoms with van der Waals surface area (Å²) in [6.45, 7) is 4.06. The number of aryl methyl sites for hydroxylation is 2. The smallest absolute Gasteiger partial charge is 0.361 e. The number of carbonyl (C=O) groups excluding carboxylic acids is 1. The summed E-state index contributed by atoms with van der Waals surface area (Å²) in [5.41, 5.74) is 2.45. The number of thioether (sulfide) groups is 1. The Morgan fingerprint density at radius 3 is 2.43 bits per heavy atom. The first-order chi connectivity index (χ1) is 14.3. The number of nitrogens with one attached hydrogen (secondary N) is 1. The molecule has 0 radical (unpaired) electrons. The lowest BCUT2D eigenvalue weighted by Gasteiger charge is -2.11. The molecular formula is C22H21F3N2O2S. The van der Waals surface area contributed by atoms with Crippen molar-refractivity contribution in [3.63, 3.8) is 0 Å². The maximum atomic E-state index is 12.6. The highest BCUT2D eigenvalue weighted by Crippen LogP contribution is 2.30. The predicted octanol–water partition coefficient (Wildman–Crippen LogP) is 5.58. The van der Waals surface area contributed by atoms with Gasteiger partial charge in [0.15, 0.2) is 0 Å². The van der Waals surface area contributed by atoms with E-state index in [2.05, 4.69) is 10.5 Å². The minimum absolute atomic E-state index is 0.219. The Balaban J connectivity index is 1.58. The molecule has 0 atom stereocenters. The summed E-state index contributed by atoms with van der Waals surface area (Å²) in [6, 6.07) is 12.3. The molecule has 1 aromatic heterocycles. The van der Waals surface area contributed by atoms with Gasteiger partial charge in [0.2, 0.25) is 0 Å². The van der Waals surface area contributed by atoms with Crippen molar-refractivity contribution in [1.29, 1.82) is 0 Å². The number of carbonyl (C=O) groups is 1. The number of halogens is 3. The molecule has 0 bridgehead atoms. The zero-order valence-corrected chi connectivity index (χ0v) is 17.4. The largest absolute Gasteiger partial charge is 0.416 e. The molecule has 0 saturated heterocycles. The van der Waals surface area contributed by atoms with Crippen LogP contribution < -0.4 is 5.32 Å². The number of aromatic nitrogens is 1. The molecule has 0 spiro atoms. The molecule has 3 rings (SSSR count). The average molecular weight is 434 g/mol. The third-order valence-electron chi connectivity index (χ3n) is 4.67. The second-order valence-corrected chi connectivity index (χ2v) is 7.81. The minimum atomic E-state index is -4.35. The predicted molar refractivity (Wildman–Crippen MR) is 109 cm³/mol. The highest BCUT2D eigenvalue weighted by molar-refractivity contribution is 7.98. The number of rotatable bonds is 7.